The van der Waals surface area contributed by atoms with Crippen molar-refractivity contribution in [3.8, 4) is 0 Å². The van der Waals surface area contributed by atoms with E-state index in [1.807, 2.05) is 6.07 Å². The van der Waals surface area contributed by atoms with E-state index < -0.39 is 0 Å². The van der Waals surface area contributed by atoms with Crippen LogP contribution in [0.3, 0.4) is 0 Å². The van der Waals surface area contributed by atoms with Crippen molar-refractivity contribution in [1.82, 2.24) is 5.32 Å². The van der Waals surface area contributed by atoms with Crippen LogP contribution in [0.5, 0.6) is 0 Å². The molecule has 2 heteroatoms. The minimum absolute atomic E-state index is 0.0542. The predicted octanol–water partition coefficient (Wildman–Crippen LogP) is 1.34. The van der Waals surface area contributed by atoms with E-state index in [-0.39, 0.29) is 12.1 Å². The Morgan fingerprint density at radius 1 is 1.29 bits per heavy atom. The van der Waals surface area contributed by atoms with E-state index in [1.165, 1.54) is 12.0 Å². The summed E-state index contributed by atoms with van der Waals surface area (Å²) in [5.41, 5.74) is 1.25. The van der Waals surface area contributed by atoms with Crippen molar-refractivity contribution in [2.24, 2.45) is 0 Å². The van der Waals surface area contributed by atoms with Gasteiger partial charge < -0.3 is 10.4 Å². The Hall–Kier alpha value is -0.860. The molecule has 0 aromatic heterocycles. The van der Waals surface area contributed by atoms with Crippen molar-refractivity contribution in [3.63, 3.8) is 0 Å². The molecule has 1 heterocycles. The summed E-state index contributed by atoms with van der Waals surface area (Å²) >= 11 is 0. The zero-order valence-electron chi connectivity index (χ0n) is 8.37. The molecule has 14 heavy (non-hydrogen) atoms. The van der Waals surface area contributed by atoms with Crippen LogP contribution in [0.15, 0.2) is 30.3 Å². The summed E-state index contributed by atoms with van der Waals surface area (Å²) in [6.45, 7) is 1.27. The number of nitrogens with one attached hydrogen (secondary N) is 1. The van der Waals surface area contributed by atoms with Crippen molar-refractivity contribution in [1.29, 1.82) is 0 Å². The monoisotopic (exact) mass is 191 g/mol. The fourth-order valence-electron chi connectivity index (χ4n) is 2.20. The minimum Gasteiger partial charge on any atom is -0.394 e. The molecule has 0 amide bonds. The molecule has 2 rings (SSSR count). The average molecular weight is 191 g/mol. The highest BCUT2D eigenvalue weighted by Gasteiger charge is 2.32. The number of aliphatic hydroxyl groups is 1. The Balaban J connectivity index is 2.08. The molecular weight excluding hydrogens is 174 g/mol. The predicted molar refractivity (Wildman–Crippen MR) is 57.2 cm³/mol. The summed E-state index contributed by atoms with van der Waals surface area (Å²) in [7, 11) is 0. The lowest BCUT2D eigenvalue weighted by Gasteiger charge is -2.27. The van der Waals surface area contributed by atoms with Gasteiger partial charge in [0.2, 0.25) is 0 Å². The molecule has 1 aromatic rings. The molecule has 0 spiro atoms. The van der Waals surface area contributed by atoms with Crippen LogP contribution in [0.1, 0.15) is 18.4 Å². The molecule has 0 unspecified atom stereocenters. The first-order chi connectivity index (χ1) is 6.85. The Morgan fingerprint density at radius 2 is 2.07 bits per heavy atom. The van der Waals surface area contributed by atoms with Gasteiger partial charge in [-0.2, -0.15) is 0 Å². The van der Waals surface area contributed by atoms with Gasteiger partial charge in [-0.15, -0.1) is 0 Å². The van der Waals surface area contributed by atoms with Crippen LogP contribution >= 0.6 is 0 Å². The topological polar surface area (TPSA) is 32.3 Å². The zero-order valence-corrected chi connectivity index (χ0v) is 8.37. The fraction of sp³-hybridized carbons (Fsp3) is 0.500. The second-order valence-corrected chi connectivity index (χ2v) is 4.13. The van der Waals surface area contributed by atoms with E-state index in [9.17, 15) is 5.11 Å². The molecule has 1 aromatic carbocycles. The Bertz CT molecular complexity index is 278. The van der Waals surface area contributed by atoms with Crippen molar-refractivity contribution < 1.29 is 5.11 Å². The third kappa shape index (κ3) is 1.97. The molecule has 1 fully saturated rings. The minimum atomic E-state index is -0.0542. The molecule has 76 valence electrons. The molecule has 2 nitrogen and oxygen atoms in total. The molecule has 0 bridgehead atoms. The third-order valence-corrected chi connectivity index (χ3v) is 3.02. The van der Waals surface area contributed by atoms with Crippen LogP contribution < -0.4 is 5.32 Å². The third-order valence-electron chi connectivity index (χ3n) is 3.02. The van der Waals surface area contributed by atoms with Crippen molar-refractivity contribution >= 4 is 0 Å². The molecule has 1 atom stereocenters. The van der Waals surface area contributed by atoms with Gasteiger partial charge in [0.15, 0.2) is 0 Å². The average Bonchev–Trinajstić information content (AvgIpc) is 2.69. The highest BCUT2D eigenvalue weighted by molar-refractivity contribution is 5.18. The van der Waals surface area contributed by atoms with Gasteiger partial charge in [-0.1, -0.05) is 30.3 Å². The van der Waals surface area contributed by atoms with Crippen LogP contribution in [0.25, 0.3) is 0 Å². The molecular formula is C12H17NO. The van der Waals surface area contributed by atoms with E-state index in [0.29, 0.717) is 0 Å². The lowest BCUT2D eigenvalue weighted by molar-refractivity contribution is 0.177. The Kier molecular flexibility index (Phi) is 2.85. The Labute approximate surface area is 85.0 Å². The first kappa shape index (κ1) is 9.69. The van der Waals surface area contributed by atoms with Gasteiger partial charge in [-0.05, 0) is 31.4 Å². The van der Waals surface area contributed by atoms with E-state index in [4.69, 9.17) is 0 Å². The molecule has 1 aliphatic rings. The lowest BCUT2D eigenvalue weighted by atomic mass is 9.90. The maximum absolute atomic E-state index is 9.42. The largest absolute Gasteiger partial charge is 0.394 e. The van der Waals surface area contributed by atoms with Gasteiger partial charge in [-0.3, -0.25) is 0 Å². The lowest BCUT2D eigenvalue weighted by Crippen LogP contribution is -2.45. The van der Waals surface area contributed by atoms with Crippen LogP contribution in [0.4, 0.5) is 0 Å². The van der Waals surface area contributed by atoms with E-state index >= 15 is 0 Å². The number of hydrogen-bond acceptors (Lipinski definition) is 2. The van der Waals surface area contributed by atoms with Crippen molar-refractivity contribution in [2.45, 2.75) is 24.8 Å². The SMILES string of the molecule is OC[C@@]1(Cc2ccccc2)CCCN1. The molecule has 0 radical (unpaired) electrons. The van der Waals surface area contributed by atoms with Crippen LogP contribution in [-0.4, -0.2) is 23.8 Å². The summed E-state index contributed by atoms with van der Waals surface area (Å²) in [5, 5.41) is 12.8. The van der Waals surface area contributed by atoms with E-state index in [0.717, 1.165) is 19.4 Å². The maximum atomic E-state index is 9.42. The number of benzene rings is 1. The number of rotatable bonds is 3. The summed E-state index contributed by atoms with van der Waals surface area (Å²) in [6.07, 6.45) is 3.19. The fourth-order valence-corrected chi connectivity index (χ4v) is 2.20. The summed E-state index contributed by atoms with van der Waals surface area (Å²) in [5.74, 6) is 0. The van der Waals surface area contributed by atoms with Crippen molar-refractivity contribution in [2.75, 3.05) is 13.2 Å². The second-order valence-electron chi connectivity index (χ2n) is 4.13. The Morgan fingerprint density at radius 3 is 2.64 bits per heavy atom. The zero-order chi connectivity index (χ0) is 9.86. The molecule has 0 aliphatic carbocycles. The first-order valence-electron chi connectivity index (χ1n) is 5.24. The molecule has 1 saturated heterocycles. The van der Waals surface area contributed by atoms with Gasteiger partial charge in [-0.25, -0.2) is 0 Å². The molecule has 2 N–H and O–H groups in total. The quantitative estimate of drug-likeness (QED) is 0.755. The van der Waals surface area contributed by atoms with Gasteiger partial charge in [0.25, 0.3) is 0 Å². The van der Waals surface area contributed by atoms with Crippen LogP contribution in [-0.2, 0) is 6.42 Å². The van der Waals surface area contributed by atoms with Crippen LogP contribution in [0, 0.1) is 0 Å². The van der Waals surface area contributed by atoms with E-state index in [2.05, 4.69) is 29.6 Å². The summed E-state index contributed by atoms with van der Waals surface area (Å²) < 4.78 is 0. The molecule has 0 saturated carbocycles. The number of aliphatic hydroxyl groups excluding tert-OH is 1. The van der Waals surface area contributed by atoms with E-state index in [1.54, 1.807) is 0 Å². The second kappa shape index (κ2) is 4.11. The summed E-state index contributed by atoms with van der Waals surface area (Å²) in [6, 6.07) is 10.4. The van der Waals surface area contributed by atoms with Gasteiger partial charge in [0, 0.05) is 5.54 Å². The van der Waals surface area contributed by atoms with Crippen LogP contribution in [0.2, 0.25) is 0 Å². The molecule has 1 aliphatic heterocycles. The maximum Gasteiger partial charge on any atom is 0.0616 e. The highest BCUT2D eigenvalue weighted by atomic mass is 16.3. The van der Waals surface area contributed by atoms with Gasteiger partial charge >= 0.3 is 0 Å². The standard InChI is InChI=1S/C12H17NO/c14-10-12(7-4-8-13-12)9-11-5-2-1-3-6-11/h1-3,5-6,13-14H,4,7-10H2/t12-/m0/s1. The number of hydrogen-bond donors (Lipinski definition) is 2. The van der Waals surface area contributed by atoms with Crippen molar-refractivity contribution in [3.05, 3.63) is 35.9 Å². The first-order valence-corrected chi connectivity index (χ1v) is 5.24. The highest BCUT2D eigenvalue weighted by Crippen LogP contribution is 2.23. The summed E-state index contributed by atoms with van der Waals surface area (Å²) in [4.78, 5) is 0. The smallest absolute Gasteiger partial charge is 0.0616 e. The van der Waals surface area contributed by atoms with Gasteiger partial charge in [0.1, 0.15) is 0 Å². The van der Waals surface area contributed by atoms with Gasteiger partial charge in [0.05, 0.1) is 6.61 Å². The normalized spacial score (nSPS) is 26.6.